The van der Waals surface area contributed by atoms with Crippen molar-refractivity contribution in [2.75, 3.05) is 0 Å². The van der Waals surface area contributed by atoms with Gasteiger partial charge in [-0.25, -0.2) is 19.1 Å². The van der Waals surface area contributed by atoms with Gasteiger partial charge < -0.3 is 14.3 Å². The van der Waals surface area contributed by atoms with Gasteiger partial charge in [-0.1, -0.05) is 13.3 Å². The number of rotatable bonds is 7. The Balaban J connectivity index is 2.43. The number of carbonyl (C=O) groups excluding carboxylic acids is 1. The number of aromatic nitrogens is 2. The summed E-state index contributed by atoms with van der Waals surface area (Å²) in [5, 5.41) is 9.61. The third-order valence-electron chi connectivity index (χ3n) is 3.95. The lowest BCUT2D eigenvalue weighted by atomic mass is 10.1. The predicted octanol–water partition coefficient (Wildman–Crippen LogP) is 4.62. The standard InChI is InChI=1S/C21H28N2O5/c1-6-7-8-18-22-13-16(23(18)20(26)28-21(3,4)5)11-15(19(24)25)12-17-10-9-14(2)27-17/h9-11,13H,6-8,12H2,1-5H3,(H,24,25). The van der Waals surface area contributed by atoms with Crippen LogP contribution in [0.4, 0.5) is 4.79 Å². The number of carboxylic acid groups (broad SMARTS) is 1. The summed E-state index contributed by atoms with van der Waals surface area (Å²) in [4.78, 5) is 28.8. The first-order valence-electron chi connectivity index (χ1n) is 9.40. The molecule has 152 valence electrons. The molecule has 0 aliphatic rings. The number of carboxylic acids is 1. The van der Waals surface area contributed by atoms with Crippen LogP contribution in [0.3, 0.4) is 0 Å². The highest BCUT2D eigenvalue weighted by Gasteiger charge is 2.23. The normalized spacial score (nSPS) is 12.2. The fraction of sp³-hybridized carbons (Fsp3) is 0.476. The lowest BCUT2D eigenvalue weighted by molar-refractivity contribution is -0.132. The number of imidazole rings is 1. The zero-order valence-corrected chi connectivity index (χ0v) is 17.1. The average Bonchev–Trinajstić information content (AvgIpc) is 3.16. The van der Waals surface area contributed by atoms with Gasteiger partial charge in [0.15, 0.2) is 0 Å². The Morgan fingerprint density at radius 2 is 2.04 bits per heavy atom. The molecular weight excluding hydrogens is 360 g/mol. The Bertz CT molecular complexity index is 868. The van der Waals surface area contributed by atoms with E-state index in [1.165, 1.54) is 16.8 Å². The van der Waals surface area contributed by atoms with Crippen LogP contribution in [0.5, 0.6) is 0 Å². The molecule has 2 aromatic rings. The molecule has 0 atom stereocenters. The van der Waals surface area contributed by atoms with E-state index in [9.17, 15) is 14.7 Å². The van der Waals surface area contributed by atoms with E-state index in [2.05, 4.69) is 11.9 Å². The first kappa shape index (κ1) is 21.5. The van der Waals surface area contributed by atoms with Crippen LogP contribution in [0.15, 0.2) is 28.3 Å². The zero-order chi connectivity index (χ0) is 20.9. The van der Waals surface area contributed by atoms with E-state index in [0.29, 0.717) is 29.5 Å². The molecule has 0 spiro atoms. The molecule has 0 fully saturated rings. The highest BCUT2D eigenvalue weighted by molar-refractivity contribution is 5.93. The van der Waals surface area contributed by atoms with Crippen LogP contribution >= 0.6 is 0 Å². The summed E-state index contributed by atoms with van der Waals surface area (Å²) in [6.07, 6.45) is 4.90. The third-order valence-corrected chi connectivity index (χ3v) is 3.95. The molecule has 7 heteroatoms. The number of aryl methyl sites for hydroxylation is 2. The summed E-state index contributed by atoms with van der Waals surface area (Å²) in [5.41, 5.74) is -0.201. The first-order valence-corrected chi connectivity index (χ1v) is 9.40. The van der Waals surface area contributed by atoms with Crippen LogP contribution in [0.2, 0.25) is 0 Å². The van der Waals surface area contributed by atoms with Crippen molar-refractivity contribution in [2.24, 2.45) is 0 Å². The van der Waals surface area contributed by atoms with Crippen LogP contribution in [-0.4, -0.2) is 32.3 Å². The van der Waals surface area contributed by atoms with E-state index in [1.54, 1.807) is 39.8 Å². The fourth-order valence-electron chi connectivity index (χ4n) is 2.67. The topological polar surface area (TPSA) is 94.6 Å². The molecule has 2 aromatic heterocycles. The van der Waals surface area contributed by atoms with Gasteiger partial charge in [0, 0.05) is 18.4 Å². The molecule has 0 unspecified atom stereocenters. The Morgan fingerprint density at radius 1 is 1.32 bits per heavy atom. The fourth-order valence-corrected chi connectivity index (χ4v) is 2.67. The number of hydrogen-bond donors (Lipinski definition) is 1. The summed E-state index contributed by atoms with van der Waals surface area (Å²) in [6, 6.07) is 3.52. The van der Waals surface area contributed by atoms with Crippen LogP contribution < -0.4 is 0 Å². The molecule has 2 heterocycles. The third kappa shape index (κ3) is 5.84. The molecule has 0 bridgehead atoms. The van der Waals surface area contributed by atoms with Gasteiger partial charge in [0.05, 0.1) is 11.9 Å². The highest BCUT2D eigenvalue weighted by Crippen LogP contribution is 2.19. The minimum Gasteiger partial charge on any atom is -0.478 e. The number of hydrogen-bond acceptors (Lipinski definition) is 5. The van der Waals surface area contributed by atoms with E-state index in [1.807, 2.05) is 0 Å². The maximum Gasteiger partial charge on any atom is 0.420 e. The van der Waals surface area contributed by atoms with Gasteiger partial charge in [-0.15, -0.1) is 0 Å². The molecule has 28 heavy (non-hydrogen) atoms. The molecule has 2 rings (SSSR count). The summed E-state index contributed by atoms with van der Waals surface area (Å²) in [5.74, 6) is 0.725. The van der Waals surface area contributed by atoms with Gasteiger partial charge in [-0.2, -0.15) is 0 Å². The molecular formula is C21H28N2O5. The van der Waals surface area contributed by atoms with E-state index >= 15 is 0 Å². The Kier molecular flexibility index (Phi) is 6.83. The molecule has 7 nitrogen and oxygen atoms in total. The largest absolute Gasteiger partial charge is 0.478 e. The van der Waals surface area contributed by atoms with E-state index in [4.69, 9.17) is 9.15 Å². The van der Waals surface area contributed by atoms with E-state index in [-0.39, 0.29) is 12.0 Å². The number of carbonyl (C=O) groups is 2. The summed E-state index contributed by atoms with van der Waals surface area (Å²) in [6.45, 7) is 9.20. The van der Waals surface area contributed by atoms with Crippen molar-refractivity contribution in [2.45, 2.75) is 65.9 Å². The molecule has 1 N–H and O–H groups in total. The van der Waals surface area contributed by atoms with Crippen molar-refractivity contribution < 1.29 is 23.8 Å². The Hall–Kier alpha value is -2.83. The second-order valence-electron chi connectivity index (χ2n) is 7.68. The number of nitrogens with zero attached hydrogens (tertiary/aromatic N) is 2. The van der Waals surface area contributed by atoms with Gasteiger partial charge in [0.25, 0.3) is 0 Å². The lowest BCUT2D eigenvalue weighted by Crippen LogP contribution is -2.28. The summed E-state index contributed by atoms with van der Waals surface area (Å²) < 4.78 is 12.3. The molecule has 0 aliphatic heterocycles. The minimum absolute atomic E-state index is 0.0982. The van der Waals surface area contributed by atoms with Crippen molar-refractivity contribution in [3.8, 4) is 0 Å². The monoisotopic (exact) mass is 388 g/mol. The van der Waals surface area contributed by atoms with Crippen molar-refractivity contribution >= 4 is 18.1 Å². The first-order chi connectivity index (χ1) is 13.1. The second kappa shape index (κ2) is 8.91. The minimum atomic E-state index is -1.08. The average molecular weight is 388 g/mol. The second-order valence-corrected chi connectivity index (χ2v) is 7.68. The zero-order valence-electron chi connectivity index (χ0n) is 17.1. The number of unbranched alkanes of at least 4 members (excludes halogenated alkanes) is 1. The molecule has 0 radical (unpaired) electrons. The van der Waals surface area contributed by atoms with Crippen LogP contribution in [0, 0.1) is 6.92 Å². The Morgan fingerprint density at radius 3 is 2.57 bits per heavy atom. The van der Waals surface area contributed by atoms with E-state index in [0.717, 1.165) is 12.8 Å². The van der Waals surface area contributed by atoms with Gasteiger partial charge in [0.2, 0.25) is 0 Å². The smallest absolute Gasteiger partial charge is 0.420 e. The number of aliphatic carboxylic acids is 1. The van der Waals surface area contributed by atoms with Gasteiger partial charge in [-0.3, -0.25) is 0 Å². The van der Waals surface area contributed by atoms with Crippen molar-refractivity contribution in [3.63, 3.8) is 0 Å². The maximum atomic E-state index is 12.7. The molecule has 0 amide bonds. The van der Waals surface area contributed by atoms with Crippen molar-refractivity contribution in [3.05, 3.63) is 46.9 Å². The Labute approximate surface area is 165 Å². The van der Waals surface area contributed by atoms with Crippen LogP contribution in [0.25, 0.3) is 6.08 Å². The molecule has 0 aromatic carbocycles. The quantitative estimate of drug-likeness (QED) is 0.696. The van der Waals surface area contributed by atoms with E-state index < -0.39 is 17.7 Å². The number of ether oxygens (including phenoxy) is 1. The van der Waals surface area contributed by atoms with Crippen molar-refractivity contribution in [1.29, 1.82) is 0 Å². The highest BCUT2D eigenvalue weighted by atomic mass is 16.6. The number of furan rings is 1. The van der Waals surface area contributed by atoms with Gasteiger partial charge >= 0.3 is 12.1 Å². The predicted molar refractivity (Wildman–Crippen MR) is 105 cm³/mol. The summed E-state index contributed by atoms with van der Waals surface area (Å²) >= 11 is 0. The van der Waals surface area contributed by atoms with Gasteiger partial charge in [-0.05, 0) is 52.3 Å². The summed E-state index contributed by atoms with van der Waals surface area (Å²) in [7, 11) is 0. The van der Waals surface area contributed by atoms with Gasteiger partial charge in [0.1, 0.15) is 22.9 Å². The molecule has 0 saturated heterocycles. The van der Waals surface area contributed by atoms with Crippen LogP contribution in [0.1, 0.15) is 63.6 Å². The molecule has 0 aliphatic carbocycles. The van der Waals surface area contributed by atoms with Crippen molar-refractivity contribution in [1.82, 2.24) is 9.55 Å². The maximum absolute atomic E-state index is 12.7. The SMILES string of the molecule is CCCCc1ncc(C=C(Cc2ccc(C)o2)C(=O)O)n1C(=O)OC(C)(C)C. The lowest BCUT2D eigenvalue weighted by Gasteiger charge is -2.21. The van der Waals surface area contributed by atoms with Crippen LogP contribution in [-0.2, 0) is 22.4 Å². The molecule has 0 saturated carbocycles.